The maximum Gasteiger partial charge on any atom is 0.190 e. The molecule has 0 amide bonds. The normalized spacial score (nSPS) is 10.8. The summed E-state index contributed by atoms with van der Waals surface area (Å²) >= 11 is 1.79. The molecule has 0 aliphatic carbocycles. The summed E-state index contributed by atoms with van der Waals surface area (Å²) in [4.78, 5) is 5.65. The zero-order chi connectivity index (χ0) is 16.3. The summed E-state index contributed by atoms with van der Waals surface area (Å²) in [6, 6.07) is 12.5. The SMILES string of the molecule is CN=C(NCCCc1cccc(OC)c1)NCCc1cccs1.I. The number of aliphatic imine (C=N–C) groups is 1. The molecule has 1 heterocycles. The molecule has 0 radical (unpaired) electrons. The Morgan fingerprint density at radius 2 is 1.96 bits per heavy atom. The van der Waals surface area contributed by atoms with Crippen molar-refractivity contribution in [1.29, 1.82) is 0 Å². The van der Waals surface area contributed by atoms with Gasteiger partial charge in [-0.05, 0) is 48.4 Å². The van der Waals surface area contributed by atoms with Gasteiger partial charge in [0.05, 0.1) is 7.11 Å². The van der Waals surface area contributed by atoms with Crippen LogP contribution in [0.4, 0.5) is 0 Å². The van der Waals surface area contributed by atoms with Gasteiger partial charge < -0.3 is 15.4 Å². The number of hydrogen-bond acceptors (Lipinski definition) is 3. The summed E-state index contributed by atoms with van der Waals surface area (Å²) in [5.74, 6) is 1.79. The summed E-state index contributed by atoms with van der Waals surface area (Å²) in [7, 11) is 3.51. The van der Waals surface area contributed by atoms with Crippen LogP contribution in [0.25, 0.3) is 0 Å². The van der Waals surface area contributed by atoms with Crippen molar-refractivity contribution < 1.29 is 4.74 Å². The molecule has 2 N–H and O–H groups in total. The maximum absolute atomic E-state index is 5.25. The van der Waals surface area contributed by atoms with Crippen molar-refractivity contribution >= 4 is 41.3 Å². The molecular formula is C18H26IN3OS. The number of benzene rings is 1. The van der Waals surface area contributed by atoms with Crippen LogP contribution in [0.3, 0.4) is 0 Å². The van der Waals surface area contributed by atoms with E-state index in [4.69, 9.17) is 4.74 Å². The molecule has 1 aromatic carbocycles. The van der Waals surface area contributed by atoms with Crippen LogP contribution in [0.1, 0.15) is 16.9 Å². The fourth-order valence-corrected chi connectivity index (χ4v) is 3.02. The van der Waals surface area contributed by atoms with Gasteiger partial charge in [-0.3, -0.25) is 4.99 Å². The summed E-state index contributed by atoms with van der Waals surface area (Å²) in [5, 5.41) is 8.82. The molecule has 4 nitrogen and oxygen atoms in total. The van der Waals surface area contributed by atoms with Gasteiger partial charge in [0.15, 0.2) is 5.96 Å². The molecule has 0 aliphatic rings. The Balaban J connectivity index is 0.00000288. The minimum absolute atomic E-state index is 0. The lowest BCUT2D eigenvalue weighted by molar-refractivity contribution is 0.414. The Kier molecular flexibility index (Phi) is 10.5. The fourth-order valence-electron chi connectivity index (χ4n) is 2.31. The van der Waals surface area contributed by atoms with Gasteiger partial charge in [0, 0.05) is 25.0 Å². The number of guanidine groups is 1. The Morgan fingerprint density at radius 3 is 2.67 bits per heavy atom. The first-order chi connectivity index (χ1) is 11.3. The maximum atomic E-state index is 5.25. The number of hydrogen-bond donors (Lipinski definition) is 2. The molecule has 0 aliphatic heterocycles. The average molecular weight is 459 g/mol. The molecule has 132 valence electrons. The molecule has 2 rings (SSSR count). The molecule has 2 aromatic rings. The van der Waals surface area contributed by atoms with Gasteiger partial charge in [0.25, 0.3) is 0 Å². The predicted molar refractivity (Wildman–Crippen MR) is 114 cm³/mol. The summed E-state index contributed by atoms with van der Waals surface area (Å²) in [5.41, 5.74) is 1.30. The number of ether oxygens (including phenoxy) is 1. The first kappa shape index (κ1) is 20.8. The van der Waals surface area contributed by atoms with Gasteiger partial charge in [0.1, 0.15) is 5.75 Å². The zero-order valence-electron chi connectivity index (χ0n) is 14.2. The van der Waals surface area contributed by atoms with Crippen LogP contribution in [-0.4, -0.2) is 33.2 Å². The molecule has 6 heteroatoms. The second kappa shape index (κ2) is 12.1. The molecule has 0 fully saturated rings. The van der Waals surface area contributed by atoms with Gasteiger partial charge in [-0.1, -0.05) is 18.2 Å². The average Bonchev–Trinajstić information content (AvgIpc) is 3.10. The van der Waals surface area contributed by atoms with Gasteiger partial charge >= 0.3 is 0 Å². The highest BCUT2D eigenvalue weighted by Crippen LogP contribution is 2.13. The van der Waals surface area contributed by atoms with Gasteiger partial charge in [-0.15, -0.1) is 35.3 Å². The molecular weight excluding hydrogens is 433 g/mol. The van der Waals surface area contributed by atoms with E-state index < -0.39 is 0 Å². The second-order valence-corrected chi connectivity index (χ2v) is 6.24. The Labute approximate surface area is 165 Å². The van der Waals surface area contributed by atoms with Crippen molar-refractivity contribution in [3.8, 4) is 5.75 Å². The van der Waals surface area contributed by atoms with Gasteiger partial charge in [-0.2, -0.15) is 0 Å². The third-order valence-corrected chi connectivity index (χ3v) is 4.47. The lowest BCUT2D eigenvalue weighted by atomic mass is 10.1. The number of halogens is 1. The van der Waals surface area contributed by atoms with Gasteiger partial charge in [0.2, 0.25) is 0 Å². The minimum atomic E-state index is 0. The van der Waals surface area contributed by atoms with Crippen molar-refractivity contribution in [1.82, 2.24) is 10.6 Å². The van der Waals surface area contributed by atoms with Crippen molar-refractivity contribution in [3.05, 3.63) is 52.2 Å². The Bertz CT molecular complexity index is 602. The first-order valence-corrected chi connectivity index (χ1v) is 8.79. The quantitative estimate of drug-likeness (QED) is 0.274. The molecule has 0 saturated heterocycles. The Hall–Kier alpha value is -1.28. The van der Waals surface area contributed by atoms with E-state index in [1.165, 1.54) is 10.4 Å². The van der Waals surface area contributed by atoms with Crippen LogP contribution in [0, 0.1) is 0 Å². The third kappa shape index (κ3) is 7.53. The van der Waals surface area contributed by atoms with Crippen LogP contribution in [0.15, 0.2) is 46.8 Å². The number of thiophene rings is 1. The van der Waals surface area contributed by atoms with E-state index in [1.807, 2.05) is 19.2 Å². The Morgan fingerprint density at radius 1 is 1.12 bits per heavy atom. The van der Waals surface area contributed by atoms with E-state index in [1.54, 1.807) is 18.4 Å². The lowest BCUT2D eigenvalue weighted by Crippen LogP contribution is -2.38. The molecule has 0 bridgehead atoms. The molecule has 1 aromatic heterocycles. The van der Waals surface area contributed by atoms with Crippen molar-refractivity contribution in [3.63, 3.8) is 0 Å². The summed E-state index contributed by atoms with van der Waals surface area (Å²) < 4.78 is 5.25. The predicted octanol–water partition coefficient (Wildman–Crippen LogP) is 3.72. The van der Waals surface area contributed by atoms with E-state index in [0.717, 1.165) is 44.1 Å². The van der Waals surface area contributed by atoms with Crippen LogP contribution in [0.2, 0.25) is 0 Å². The minimum Gasteiger partial charge on any atom is -0.497 e. The van der Waals surface area contributed by atoms with Crippen LogP contribution < -0.4 is 15.4 Å². The van der Waals surface area contributed by atoms with E-state index in [2.05, 4.69) is 45.3 Å². The highest BCUT2D eigenvalue weighted by molar-refractivity contribution is 14.0. The van der Waals surface area contributed by atoms with Crippen LogP contribution in [-0.2, 0) is 12.8 Å². The molecule has 0 saturated carbocycles. The summed E-state index contributed by atoms with van der Waals surface area (Å²) in [6.45, 7) is 1.80. The molecule has 24 heavy (non-hydrogen) atoms. The number of nitrogens with zero attached hydrogens (tertiary/aromatic N) is 1. The number of aryl methyl sites for hydroxylation is 1. The fraction of sp³-hybridized carbons (Fsp3) is 0.389. The molecule has 0 unspecified atom stereocenters. The summed E-state index contributed by atoms with van der Waals surface area (Å²) in [6.07, 6.45) is 3.11. The van der Waals surface area contributed by atoms with Crippen LogP contribution in [0.5, 0.6) is 5.75 Å². The van der Waals surface area contributed by atoms with E-state index in [9.17, 15) is 0 Å². The van der Waals surface area contributed by atoms with Crippen molar-refractivity contribution in [2.45, 2.75) is 19.3 Å². The van der Waals surface area contributed by atoms with Gasteiger partial charge in [-0.25, -0.2) is 0 Å². The smallest absolute Gasteiger partial charge is 0.190 e. The van der Waals surface area contributed by atoms with E-state index >= 15 is 0 Å². The lowest BCUT2D eigenvalue weighted by Gasteiger charge is -2.11. The number of rotatable bonds is 8. The van der Waals surface area contributed by atoms with Crippen molar-refractivity contribution in [2.24, 2.45) is 4.99 Å². The third-order valence-electron chi connectivity index (χ3n) is 3.54. The van der Waals surface area contributed by atoms with Crippen molar-refractivity contribution in [2.75, 3.05) is 27.2 Å². The topological polar surface area (TPSA) is 45.7 Å². The number of methoxy groups -OCH3 is 1. The van der Waals surface area contributed by atoms with E-state index in [0.29, 0.717) is 0 Å². The number of nitrogens with one attached hydrogen (secondary N) is 2. The highest BCUT2D eigenvalue weighted by atomic mass is 127. The van der Waals surface area contributed by atoms with Crippen LogP contribution >= 0.6 is 35.3 Å². The molecule has 0 atom stereocenters. The first-order valence-electron chi connectivity index (χ1n) is 7.91. The largest absolute Gasteiger partial charge is 0.497 e. The highest BCUT2D eigenvalue weighted by Gasteiger charge is 2.00. The zero-order valence-corrected chi connectivity index (χ0v) is 17.4. The second-order valence-electron chi connectivity index (χ2n) is 5.21. The standard InChI is InChI=1S/C18H25N3OS.HI/c1-19-18(21-12-10-17-9-5-13-23-17)20-11-4-7-15-6-3-8-16(14-15)22-2;/h3,5-6,8-9,13-14H,4,7,10-12H2,1-2H3,(H2,19,20,21);1H. The monoisotopic (exact) mass is 459 g/mol. The van der Waals surface area contributed by atoms with E-state index in [-0.39, 0.29) is 24.0 Å². The molecule has 0 spiro atoms.